The predicted molar refractivity (Wildman–Crippen MR) is 48.0 cm³/mol. The summed E-state index contributed by atoms with van der Waals surface area (Å²) in [4.78, 5) is 0. The fourth-order valence-electron chi connectivity index (χ4n) is 0.799. The van der Waals surface area contributed by atoms with Crippen LogP contribution in [0.4, 0.5) is 0 Å². The minimum Gasteiger partial charge on any atom is -0.152 e. The molecule has 0 saturated carbocycles. The van der Waals surface area contributed by atoms with Crippen LogP contribution in [0.25, 0.3) is 0 Å². The summed E-state index contributed by atoms with van der Waals surface area (Å²) in [5.41, 5.74) is 1.35. The van der Waals surface area contributed by atoms with Crippen LogP contribution in [-0.2, 0) is 0 Å². The predicted octanol–water partition coefficient (Wildman–Crippen LogP) is 3.48. The average molecular weight is 175 g/mol. The summed E-state index contributed by atoms with van der Waals surface area (Å²) in [6.45, 7) is 4.18. The number of alkyl halides is 1. The van der Waals surface area contributed by atoms with Crippen molar-refractivity contribution in [3.63, 3.8) is 0 Å². The molecule has 0 nitrogen and oxygen atoms in total. The van der Waals surface area contributed by atoms with E-state index in [2.05, 4.69) is 23.8 Å². The van der Waals surface area contributed by atoms with Gasteiger partial charge in [0.05, 0.1) is 0 Å². The van der Waals surface area contributed by atoms with E-state index in [0.717, 1.165) is 0 Å². The summed E-state index contributed by atoms with van der Waals surface area (Å²) in [5.74, 6) is 0.480. The van der Waals surface area contributed by atoms with E-state index in [1.54, 1.807) is 11.3 Å². The fourth-order valence-corrected chi connectivity index (χ4v) is 1.71. The molecule has 2 unspecified atom stereocenters. The zero-order valence-corrected chi connectivity index (χ0v) is 7.75. The number of halogens is 1. The van der Waals surface area contributed by atoms with Crippen LogP contribution in [0.3, 0.4) is 0 Å². The van der Waals surface area contributed by atoms with Crippen LogP contribution < -0.4 is 0 Å². The van der Waals surface area contributed by atoms with Gasteiger partial charge in [-0.3, -0.25) is 0 Å². The molecule has 0 amide bonds. The van der Waals surface area contributed by atoms with Gasteiger partial charge < -0.3 is 0 Å². The molecule has 1 heterocycles. The van der Waals surface area contributed by atoms with E-state index in [1.165, 1.54) is 5.56 Å². The molecule has 0 N–H and O–H groups in total. The molecule has 1 aromatic heterocycles. The molecule has 2 heteroatoms. The van der Waals surface area contributed by atoms with Crippen molar-refractivity contribution >= 4 is 22.9 Å². The number of thiophene rings is 1. The van der Waals surface area contributed by atoms with Gasteiger partial charge in [0.15, 0.2) is 0 Å². The topological polar surface area (TPSA) is 0 Å². The van der Waals surface area contributed by atoms with E-state index in [0.29, 0.717) is 5.92 Å². The SMILES string of the molecule is CC(Cl)C(C)c1ccsc1. The monoisotopic (exact) mass is 174 g/mol. The average Bonchev–Trinajstić information content (AvgIpc) is 2.36. The highest BCUT2D eigenvalue weighted by molar-refractivity contribution is 7.08. The quantitative estimate of drug-likeness (QED) is 0.603. The molecule has 0 aliphatic heterocycles. The van der Waals surface area contributed by atoms with Gasteiger partial charge in [-0.25, -0.2) is 0 Å². The maximum Gasteiger partial charge on any atom is 0.0374 e. The van der Waals surface area contributed by atoms with E-state index in [1.807, 2.05) is 6.92 Å². The largest absolute Gasteiger partial charge is 0.152 e. The smallest absolute Gasteiger partial charge is 0.0374 e. The molecule has 2 atom stereocenters. The summed E-state index contributed by atoms with van der Waals surface area (Å²) in [6, 6.07) is 2.13. The van der Waals surface area contributed by atoms with Gasteiger partial charge in [0.1, 0.15) is 0 Å². The van der Waals surface area contributed by atoms with Crippen LogP contribution >= 0.6 is 22.9 Å². The van der Waals surface area contributed by atoms with E-state index in [9.17, 15) is 0 Å². The Balaban J connectivity index is 2.68. The summed E-state index contributed by atoms with van der Waals surface area (Å²) >= 11 is 7.65. The molecular weight excluding hydrogens is 164 g/mol. The van der Waals surface area contributed by atoms with Crippen LogP contribution in [-0.4, -0.2) is 5.38 Å². The van der Waals surface area contributed by atoms with Crippen LogP contribution in [0.1, 0.15) is 25.3 Å². The van der Waals surface area contributed by atoms with Crippen molar-refractivity contribution in [3.8, 4) is 0 Å². The van der Waals surface area contributed by atoms with E-state index in [4.69, 9.17) is 11.6 Å². The molecule has 56 valence electrons. The van der Waals surface area contributed by atoms with Crippen molar-refractivity contribution in [2.75, 3.05) is 0 Å². The summed E-state index contributed by atoms with van der Waals surface area (Å²) in [5, 5.41) is 4.48. The molecule has 0 aliphatic carbocycles. The van der Waals surface area contributed by atoms with E-state index < -0.39 is 0 Å². The lowest BCUT2D eigenvalue weighted by molar-refractivity contribution is 0.746. The van der Waals surface area contributed by atoms with Crippen molar-refractivity contribution in [1.82, 2.24) is 0 Å². The Hall–Kier alpha value is -0.0100. The summed E-state index contributed by atoms with van der Waals surface area (Å²) in [6.07, 6.45) is 0. The van der Waals surface area contributed by atoms with E-state index >= 15 is 0 Å². The molecular formula is C8H11ClS. The van der Waals surface area contributed by atoms with Crippen molar-refractivity contribution in [2.45, 2.75) is 25.1 Å². The molecule has 0 spiro atoms. The van der Waals surface area contributed by atoms with Gasteiger partial charge in [0.2, 0.25) is 0 Å². The van der Waals surface area contributed by atoms with Gasteiger partial charge in [0.25, 0.3) is 0 Å². The van der Waals surface area contributed by atoms with Gasteiger partial charge >= 0.3 is 0 Å². The Morgan fingerprint density at radius 1 is 1.50 bits per heavy atom. The van der Waals surface area contributed by atoms with Crippen LogP contribution in [0.5, 0.6) is 0 Å². The maximum absolute atomic E-state index is 5.92. The Labute approximate surface area is 70.8 Å². The van der Waals surface area contributed by atoms with Crippen molar-refractivity contribution < 1.29 is 0 Å². The molecule has 1 rings (SSSR count). The van der Waals surface area contributed by atoms with Gasteiger partial charge in [-0.05, 0) is 35.2 Å². The molecule has 0 saturated heterocycles. The molecule has 0 fully saturated rings. The number of rotatable bonds is 2. The molecule has 0 aliphatic rings. The Bertz CT molecular complexity index is 179. The molecule has 1 aromatic rings. The highest BCUT2D eigenvalue weighted by Crippen LogP contribution is 2.24. The first kappa shape index (κ1) is 8.09. The zero-order chi connectivity index (χ0) is 7.56. The first-order valence-electron chi connectivity index (χ1n) is 3.38. The van der Waals surface area contributed by atoms with Gasteiger partial charge in [0, 0.05) is 5.38 Å². The fraction of sp³-hybridized carbons (Fsp3) is 0.500. The van der Waals surface area contributed by atoms with Crippen molar-refractivity contribution in [2.24, 2.45) is 0 Å². The number of hydrogen-bond acceptors (Lipinski definition) is 1. The standard InChI is InChI=1S/C8H11ClS/c1-6(7(2)9)8-3-4-10-5-8/h3-7H,1-2H3. The first-order valence-corrected chi connectivity index (χ1v) is 4.76. The van der Waals surface area contributed by atoms with Crippen LogP contribution in [0, 0.1) is 0 Å². The molecule has 0 radical (unpaired) electrons. The lowest BCUT2D eigenvalue weighted by Gasteiger charge is -2.10. The molecule has 0 aromatic carbocycles. The van der Waals surface area contributed by atoms with Gasteiger partial charge in [-0.1, -0.05) is 6.92 Å². The highest BCUT2D eigenvalue weighted by Gasteiger charge is 2.10. The third-order valence-corrected chi connectivity index (χ3v) is 2.84. The molecule has 0 bridgehead atoms. The third kappa shape index (κ3) is 1.74. The van der Waals surface area contributed by atoms with Crippen molar-refractivity contribution in [3.05, 3.63) is 22.4 Å². The Morgan fingerprint density at radius 3 is 2.60 bits per heavy atom. The first-order chi connectivity index (χ1) is 4.72. The van der Waals surface area contributed by atoms with Gasteiger partial charge in [-0.15, -0.1) is 11.6 Å². The van der Waals surface area contributed by atoms with Crippen LogP contribution in [0.2, 0.25) is 0 Å². The second-order valence-corrected chi connectivity index (χ2v) is 3.99. The zero-order valence-electron chi connectivity index (χ0n) is 6.17. The normalized spacial score (nSPS) is 16.7. The summed E-state index contributed by atoms with van der Waals surface area (Å²) < 4.78 is 0. The minimum atomic E-state index is 0.231. The molecule has 10 heavy (non-hydrogen) atoms. The maximum atomic E-state index is 5.92. The Kier molecular flexibility index (Phi) is 2.75. The highest BCUT2D eigenvalue weighted by atomic mass is 35.5. The lowest BCUT2D eigenvalue weighted by atomic mass is 10.0. The van der Waals surface area contributed by atoms with Crippen LogP contribution in [0.15, 0.2) is 16.8 Å². The van der Waals surface area contributed by atoms with Gasteiger partial charge in [-0.2, -0.15) is 11.3 Å². The summed E-state index contributed by atoms with van der Waals surface area (Å²) in [7, 11) is 0. The lowest BCUT2D eigenvalue weighted by Crippen LogP contribution is -2.02. The minimum absolute atomic E-state index is 0.231. The number of hydrogen-bond donors (Lipinski definition) is 0. The Morgan fingerprint density at radius 2 is 2.20 bits per heavy atom. The van der Waals surface area contributed by atoms with Crippen molar-refractivity contribution in [1.29, 1.82) is 0 Å². The second-order valence-electron chi connectivity index (χ2n) is 2.52. The second kappa shape index (κ2) is 3.40. The van der Waals surface area contributed by atoms with E-state index in [-0.39, 0.29) is 5.38 Å². The third-order valence-electron chi connectivity index (χ3n) is 1.76.